The van der Waals surface area contributed by atoms with Gasteiger partial charge in [0.2, 0.25) is 0 Å². The van der Waals surface area contributed by atoms with Crippen LogP contribution in [-0.2, 0) is 4.74 Å². The standard InChI is InChI=1S/C19H30N4O2/c1-25-16-9-20-19(24)23-14-12-22(13-15-23)18-7-5-17(6-8-18)21-10-3-2-4-11-21/h5-8H,2-4,9-16H2,1H3,(H,20,24). The second-order valence-corrected chi connectivity index (χ2v) is 6.76. The van der Waals surface area contributed by atoms with E-state index in [2.05, 4.69) is 39.4 Å². The van der Waals surface area contributed by atoms with E-state index in [1.807, 2.05) is 4.90 Å². The number of rotatable bonds is 5. The number of anilines is 2. The number of methoxy groups -OCH3 is 1. The summed E-state index contributed by atoms with van der Waals surface area (Å²) in [5, 5.41) is 2.89. The molecule has 0 bridgehead atoms. The lowest BCUT2D eigenvalue weighted by molar-refractivity contribution is 0.177. The highest BCUT2D eigenvalue weighted by Crippen LogP contribution is 2.24. The van der Waals surface area contributed by atoms with Crippen molar-refractivity contribution < 1.29 is 9.53 Å². The maximum atomic E-state index is 12.1. The van der Waals surface area contributed by atoms with Crippen molar-refractivity contribution in [3.8, 4) is 0 Å². The minimum Gasteiger partial charge on any atom is -0.383 e. The molecule has 0 unspecified atom stereocenters. The Balaban J connectivity index is 1.48. The van der Waals surface area contributed by atoms with E-state index in [4.69, 9.17) is 4.74 Å². The number of nitrogens with zero attached hydrogens (tertiary/aromatic N) is 3. The molecule has 0 radical (unpaired) electrons. The van der Waals surface area contributed by atoms with E-state index in [-0.39, 0.29) is 6.03 Å². The second kappa shape index (κ2) is 8.94. The van der Waals surface area contributed by atoms with Gasteiger partial charge in [0.25, 0.3) is 0 Å². The van der Waals surface area contributed by atoms with Gasteiger partial charge in [0, 0.05) is 64.3 Å². The van der Waals surface area contributed by atoms with E-state index in [1.54, 1.807) is 7.11 Å². The largest absolute Gasteiger partial charge is 0.383 e. The summed E-state index contributed by atoms with van der Waals surface area (Å²) in [4.78, 5) is 18.8. The zero-order chi connectivity index (χ0) is 17.5. The molecule has 1 aromatic rings. The Morgan fingerprint density at radius 1 is 0.920 bits per heavy atom. The van der Waals surface area contributed by atoms with Crippen molar-refractivity contribution in [3.05, 3.63) is 24.3 Å². The zero-order valence-electron chi connectivity index (χ0n) is 15.2. The van der Waals surface area contributed by atoms with Gasteiger partial charge in [-0.2, -0.15) is 0 Å². The number of nitrogens with one attached hydrogen (secondary N) is 1. The monoisotopic (exact) mass is 346 g/mol. The number of carbonyl (C=O) groups is 1. The van der Waals surface area contributed by atoms with E-state index in [9.17, 15) is 4.79 Å². The van der Waals surface area contributed by atoms with Crippen molar-refractivity contribution in [2.45, 2.75) is 19.3 Å². The minimum absolute atomic E-state index is 0.0112. The third-order valence-electron chi connectivity index (χ3n) is 5.09. The highest BCUT2D eigenvalue weighted by molar-refractivity contribution is 5.74. The maximum absolute atomic E-state index is 12.1. The van der Waals surface area contributed by atoms with Crippen LogP contribution >= 0.6 is 0 Å². The van der Waals surface area contributed by atoms with E-state index in [0.717, 1.165) is 26.2 Å². The number of benzene rings is 1. The molecule has 0 atom stereocenters. The summed E-state index contributed by atoms with van der Waals surface area (Å²) in [6.07, 6.45) is 3.96. The fourth-order valence-corrected chi connectivity index (χ4v) is 3.57. The SMILES string of the molecule is COCCNC(=O)N1CCN(c2ccc(N3CCCCC3)cc2)CC1. The molecule has 6 heteroatoms. The lowest BCUT2D eigenvalue weighted by Gasteiger charge is -2.36. The quantitative estimate of drug-likeness (QED) is 0.830. The first kappa shape index (κ1) is 17.9. The number of ether oxygens (including phenoxy) is 1. The maximum Gasteiger partial charge on any atom is 0.317 e. The van der Waals surface area contributed by atoms with Crippen LogP contribution in [0.2, 0.25) is 0 Å². The van der Waals surface area contributed by atoms with Crippen LogP contribution in [0.3, 0.4) is 0 Å². The van der Waals surface area contributed by atoms with E-state index in [1.165, 1.54) is 43.7 Å². The average molecular weight is 346 g/mol. The van der Waals surface area contributed by atoms with Crippen LogP contribution in [0, 0.1) is 0 Å². The van der Waals surface area contributed by atoms with Gasteiger partial charge in [-0.25, -0.2) is 4.79 Å². The van der Waals surface area contributed by atoms with Crippen molar-refractivity contribution in [2.75, 3.05) is 69.3 Å². The van der Waals surface area contributed by atoms with Gasteiger partial charge in [-0.05, 0) is 43.5 Å². The molecule has 0 aromatic heterocycles. The topological polar surface area (TPSA) is 48.1 Å². The molecule has 1 aromatic carbocycles. The van der Waals surface area contributed by atoms with Crippen molar-refractivity contribution >= 4 is 17.4 Å². The van der Waals surface area contributed by atoms with Gasteiger partial charge in [0.15, 0.2) is 0 Å². The molecule has 0 aliphatic carbocycles. The number of amides is 2. The first-order valence-electron chi connectivity index (χ1n) is 9.39. The number of piperidine rings is 1. The second-order valence-electron chi connectivity index (χ2n) is 6.76. The van der Waals surface area contributed by atoms with Gasteiger partial charge in [-0.1, -0.05) is 0 Å². The van der Waals surface area contributed by atoms with Crippen molar-refractivity contribution in [1.29, 1.82) is 0 Å². The molecule has 3 rings (SSSR count). The first-order chi connectivity index (χ1) is 12.3. The van der Waals surface area contributed by atoms with Gasteiger partial charge in [0.05, 0.1) is 6.61 Å². The van der Waals surface area contributed by atoms with Gasteiger partial charge in [-0.15, -0.1) is 0 Å². The molecule has 2 fully saturated rings. The van der Waals surface area contributed by atoms with E-state index >= 15 is 0 Å². The van der Waals surface area contributed by atoms with Crippen LogP contribution < -0.4 is 15.1 Å². The van der Waals surface area contributed by atoms with Crippen LogP contribution in [-0.4, -0.2) is 70.5 Å². The Kier molecular flexibility index (Phi) is 6.39. The van der Waals surface area contributed by atoms with Gasteiger partial charge < -0.3 is 24.8 Å². The van der Waals surface area contributed by atoms with Crippen LogP contribution in [0.15, 0.2) is 24.3 Å². The summed E-state index contributed by atoms with van der Waals surface area (Å²) in [6.45, 7) is 6.73. The molecule has 25 heavy (non-hydrogen) atoms. The fraction of sp³-hybridized carbons (Fsp3) is 0.632. The summed E-state index contributed by atoms with van der Waals surface area (Å²) >= 11 is 0. The first-order valence-corrected chi connectivity index (χ1v) is 9.39. The van der Waals surface area contributed by atoms with Crippen LogP contribution in [0.1, 0.15) is 19.3 Å². The third kappa shape index (κ3) is 4.78. The summed E-state index contributed by atoms with van der Waals surface area (Å²) in [5.74, 6) is 0. The number of hydrogen-bond acceptors (Lipinski definition) is 4. The summed E-state index contributed by atoms with van der Waals surface area (Å²) < 4.78 is 4.96. The molecular formula is C19H30N4O2. The molecule has 1 N–H and O–H groups in total. The summed E-state index contributed by atoms with van der Waals surface area (Å²) in [7, 11) is 1.64. The predicted molar refractivity (Wildman–Crippen MR) is 102 cm³/mol. The zero-order valence-corrected chi connectivity index (χ0v) is 15.2. The lowest BCUT2D eigenvalue weighted by Crippen LogP contribution is -2.52. The van der Waals surface area contributed by atoms with Crippen LogP contribution in [0.4, 0.5) is 16.2 Å². The summed E-state index contributed by atoms with van der Waals surface area (Å²) in [5.41, 5.74) is 2.58. The Labute approximate surface area is 150 Å². The molecular weight excluding hydrogens is 316 g/mol. The van der Waals surface area contributed by atoms with Gasteiger partial charge in [-0.3, -0.25) is 0 Å². The van der Waals surface area contributed by atoms with Crippen molar-refractivity contribution in [1.82, 2.24) is 10.2 Å². The molecule has 2 aliphatic rings. The Morgan fingerprint density at radius 3 is 2.04 bits per heavy atom. The molecule has 2 saturated heterocycles. The lowest BCUT2D eigenvalue weighted by atomic mass is 10.1. The molecule has 138 valence electrons. The number of piperazine rings is 1. The number of carbonyl (C=O) groups excluding carboxylic acids is 1. The Morgan fingerprint density at radius 2 is 1.48 bits per heavy atom. The Hall–Kier alpha value is -1.95. The van der Waals surface area contributed by atoms with E-state index in [0.29, 0.717) is 13.2 Å². The van der Waals surface area contributed by atoms with Crippen molar-refractivity contribution in [2.24, 2.45) is 0 Å². The smallest absolute Gasteiger partial charge is 0.317 e. The van der Waals surface area contributed by atoms with E-state index < -0.39 is 0 Å². The molecule has 0 saturated carbocycles. The summed E-state index contributed by atoms with van der Waals surface area (Å²) in [6, 6.07) is 8.93. The number of hydrogen-bond donors (Lipinski definition) is 1. The minimum atomic E-state index is 0.0112. The Bertz CT molecular complexity index is 535. The molecule has 2 aliphatic heterocycles. The molecule has 6 nitrogen and oxygen atoms in total. The van der Waals surface area contributed by atoms with Crippen LogP contribution in [0.5, 0.6) is 0 Å². The third-order valence-corrected chi connectivity index (χ3v) is 5.09. The van der Waals surface area contributed by atoms with Crippen molar-refractivity contribution in [3.63, 3.8) is 0 Å². The normalized spacial score (nSPS) is 18.4. The number of urea groups is 1. The average Bonchev–Trinajstić information content (AvgIpc) is 2.69. The molecule has 2 heterocycles. The predicted octanol–water partition coefficient (Wildman–Crippen LogP) is 2.15. The highest BCUT2D eigenvalue weighted by Gasteiger charge is 2.21. The highest BCUT2D eigenvalue weighted by atomic mass is 16.5. The molecule has 2 amide bonds. The van der Waals surface area contributed by atoms with Gasteiger partial charge >= 0.3 is 6.03 Å². The van der Waals surface area contributed by atoms with Gasteiger partial charge in [0.1, 0.15) is 0 Å². The molecule has 0 spiro atoms. The fourth-order valence-electron chi connectivity index (χ4n) is 3.57. The van der Waals surface area contributed by atoms with Crippen LogP contribution in [0.25, 0.3) is 0 Å².